The molecule has 2 aromatic heterocycles. The number of H-pyrrole nitrogens is 1. The molecule has 30 heavy (non-hydrogen) atoms. The van der Waals surface area contributed by atoms with Gasteiger partial charge in [0, 0.05) is 43.7 Å². The molecule has 2 unspecified atom stereocenters. The van der Waals surface area contributed by atoms with Gasteiger partial charge in [-0.2, -0.15) is 5.10 Å². The Morgan fingerprint density at radius 3 is 2.97 bits per heavy atom. The molecule has 5 rings (SSSR count). The van der Waals surface area contributed by atoms with Crippen LogP contribution in [-0.2, 0) is 9.53 Å². The van der Waals surface area contributed by atoms with Gasteiger partial charge in [-0.25, -0.2) is 0 Å². The van der Waals surface area contributed by atoms with Crippen LogP contribution in [0.25, 0.3) is 10.9 Å². The standard InChI is InChI=1S/C22H24N6O2/c1-14-10-20(30-21(14)15-2-3-17-16(11-15)12-25-27-17)22(29)26-18-13-24-5-4-19(18)28-8-6-23-7-9-28/h2-5,10-14,21,23H,6-9H2,1H3,(H,25,27)(H,26,29). The van der Waals surface area contributed by atoms with E-state index in [9.17, 15) is 4.79 Å². The lowest BCUT2D eigenvalue weighted by atomic mass is 9.98. The Morgan fingerprint density at radius 2 is 2.10 bits per heavy atom. The van der Waals surface area contributed by atoms with E-state index >= 15 is 0 Å². The summed E-state index contributed by atoms with van der Waals surface area (Å²) < 4.78 is 6.08. The molecule has 1 aromatic carbocycles. The summed E-state index contributed by atoms with van der Waals surface area (Å²) in [6.07, 6.45) is 6.92. The third-order valence-electron chi connectivity index (χ3n) is 5.67. The van der Waals surface area contributed by atoms with Crippen molar-refractivity contribution in [2.45, 2.75) is 13.0 Å². The van der Waals surface area contributed by atoms with Crippen molar-refractivity contribution in [2.75, 3.05) is 36.4 Å². The van der Waals surface area contributed by atoms with Crippen LogP contribution >= 0.6 is 0 Å². The highest BCUT2D eigenvalue weighted by atomic mass is 16.5. The summed E-state index contributed by atoms with van der Waals surface area (Å²) >= 11 is 0. The maximum atomic E-state index is 13.0. The van der Waals surface area contributed by atoms with Crippen LogP contribution in [0.2, 0.25) is 0 Å². The van der Waals surface area contributed by atoms with Crippen LogP contribution in [0.15, 0.2) is 54.7 Å². The zero-order valence-electron chi connectivity index (χ0n) is 16.8. The number of carbonyl (C=O) groups excluding carboxylic acids is 1. The van der Waals surface area contributed by atoms with Gasteiger partial charge in [0.15, 0.2) is 5.76 Å². The highest BCUT2D eigenvalue weighted by Gasteiger charge is 2.31. The smallest absolute Gasteiger partial charge is 0.290 e. The summed E-state index contributed by atoms with van der Waals surface area (Å²) in [5.41, 5.74) is 3.68. The Balaban J connectivity index is 1.32. The molecule has 3 aromatic rings. The number of rotatable bonds is 4. The number of piperazine rings is 1. The number of ether oxygens (including phenoxy) is 1. The lowest BCUT2D eigenvalue weighted by Gasteiger charge is -2.30. The predicted octanol–water partition coefficient (Wildman–Crippen LogP) is 2.60. The second-order valence-electron chi connectivity index (χ2n) is 7.73. The minimum Gasteiger partial charge on any atom is -0.480 e. The Hall–Kier alpha value is -3.39. The number of pyridine rings is 1. The molecule has 0 aliphatic carbocycles. The fraction of sp³-hybridized carbons (Fsp3) is 0.318. The second kappa shape index (κ2) is 7.79. The number of hydrogen-bond acceptors (Lipinski definition) is 6. The summed E-state index contributed by atoms with van der Waals surface area (Å²) in [5.74, 6) is 0.171. The van der Waals surface area contributed by atoms with Crippen molar-refractivity contribution >= 4 is 28.2 Å². The summed E-state index contributed by atoms with van der Waals surface area (Å²) in [6.45, 7) is 5.68. The molecule has 1 fully saturated rings. The average Bonchev–Trinajstić information content (AvgIpc) is 3.40. The maximum absolute atomic E-state index is 13.0. The summed E-state index contributed by atoms with van der Waals surface area (Å²) in [4.78, 5) is 19.4. The molecule has 1 saturated heterocycles. The number of aromatic amines is 1. The molecule has 0 saturated carbocycles. The molecule has 1 amide bonds. The highest BCUT2D eigenvalue weighted by Crippen LogP contribution is 2.37. The lowest BCUT2D eigenvalue weighted by Crippen LogP contribution is -2.43. The van der Waals surface area contributed by atoms with E-state index in [1.807, 2.05) is 24.3 Å². The third-order valence-corrected chi connectivity index (χ3v) is 5.67. The van der Waals surface area contributed by atoms with Crippen molar-refractivity contribution in [2.24, 2.45) is 5.92 Å². The second-order valence-corrected chi connectivity index (χ2v) is 7.73. The highest BCUT2D eigenvalue weighted by molar-refractivity contribution is 6.04. The Labute approximate surface area is 174 Å². The molecule has 0 spiro atoms. The first-order chi connectivity index (χ1) is 14.7. The fourth-order valence-electron chi connectivity index (χ4n) is 4.10. The van der Waals surface area contributed by atoms with Crippen LogP contribution in [0, 0.1) is 5.92 Å². The summed E-state index contributed by atoms with van der Waals surface area (Å²) in [7, 11) is 0. The molecule has 8 nitrogen and oxygen atoms in total. The van der Waals surface area contributed by atoms with Gasteiger partial charge in [-0.15, -0.1) is 0 Å². The molecule has 8 heteroatoms. The van der Waals surface area contributed by atoms with Crippen LogP contribution in [-0.4, -0.2) is 47.3 Å². The first-order valence-electron chi connectivity index (χ1n) is 10.2. The number of carbonyl (C=O) groups is 1. The lowest BCUT2D eigenvalue weighted by molar-refractivity contribution is -0.116. The van der Waals surface area contributed by atoms with Gasteiger partial charge in [0.25, 0.3) is 5.91 Å². The topological polar surface area (TPSA) is 95.2 Å². The van der Waals surface area contributed by atoms with E-state index in [-0.39, 0.29) is 17.9 Å². The predicted molar refractivity (Wildman–Crippen MR) is 115 cm³/mol. The van der Waals surface area contributed by atoms with Gasteiger partial charge in [0.2, 0.25) is 0 Å². The van der Waals surface area contributed by atoms with Crippen molar-refractivity contribution in [1.29, 1.82) is 0 Å². The van der Waals surface area contributed by atoms with Gasteiger partial charge in [-0.1, -0.05) is 13.0 Å². The summed E-state index contributed by atoms with van der Waals surface area (Å²) in [6, 6.07) is 8.00. The molecule has 2 aliphatic rings. The largest absolute Gasteiger partial charge is 0.480 e. The zero-order valence-corrected chi connectivity index (χ0v) is 16.8. The molecule has 0 radical (unpaired) electrons. The molecule has 0 bridgehead atoms. The van der Waals surface area contributed by atoms with Crippen LogP contribution in [0.5, 0.6) is 0 Å². The van der Waals surface area contributed by atoms with E-state index in [0.717, 1.165) is 48.3 Å². The molecular formula is C22H24N6O2. The number of hydrogen-bond donors (Lipinski definition) is 3. The van der Waals surface area contributed by atoms with Crippen molar-refractivity contribution in [3.8, 4) is 0 Å². The fourth-order valence-corrected chi connectivity index (χ4v) is 4.10. The van der Waals surface area contributed by atoms with Gasteiger partial charge in [-0.3, -0.25) is 14.9 Å². The minimum atomic E-state index is -0.252. The quantitative estimate of drug-likeness (QED) is 0.619. The first kappa shape index (κ1) is 18.6. The third kappa shape index (κ3) is 3.50. The summed E-state index contributed by atoms with van der Waals surface area (Å²) in [5, 5.41) is 14.4. The van der Waals surface area contributed by atoms with Crippen molar-refractivity contribution < 1.29 is 9.53 Å². The first-order valence-corrected chi connectivity index (χ1v) is 10.2. The van der Waals surface area contributed by atoms with E-state index in [1.54, 1.807) is 18.6 Å². The Kier molecular flexibility index (Phi) is 4.84. The van der Waals surface area contributed by atoms with Gasteiger partial charge in [0.1, 0.15) is 6.10 Å². The van der Waals surface area contributed by atoms with E-state index in [4.69, 9.17) is 4.74 Å². The SMILES string of the molecule is CC1C=C(C(=O)Nc2cnccc2N2CCNCC2)OC1c1ccc2[nH]ncc2c1. The van der Waals surface area contributed by atoms with Crippen molar-refractivity contribution in [3.05, 3.63) is 60.3 Å². The normalized spacial score (nSPS) is 21.4. The molecular weight excluding hydrogens is 380 g/mol. The maximum Gasteiger partial charge on any atom is 0.290 e. The van der Waals surface area contributed by atoms with Gasteiger partial charge in [0.05, 0.1) is 29.3 Å². The number of anilines is 2. The Morgan fingerprint density at radius 1 is 1.23 bits per heavy atom. The van der Waals surface area contributed by atoms with Crippen molar-refractivity contribution in [3.63, 3.8) is 0 Å². The number of aromatic nitrogens is 3. The number of nitrogens with one attached hydrogen (secondary N) is 3. The van der Waals surface area contributed by atoms with E-state index < -0.39 is 0 Å². The molecule has 2 atom stereocenters. The van der Waals surface area contributed by atoms with Crippen LogP contribution in [0.4, 0.5) is 11.4 Å². The van der Waals surface area contributed by atoms with Crippen molar-refractivity contribution in [1.82, 2.24) is 20.5 Å². The van der Waals surface area contributed by atoms with E-state index in [0.29, 0.717) is 11.4 Å². The molecule has 2 aliphatic heterocycles. The number of amides is 1. The van der Waals surface area contributed by atoms with Gasteiger partial charge in [-0.05, 0) is 29.8 Å². The minimum absolute atomic E-state index is 0.0802. The average molecular weight is 404 g/mol. The monoisotopic (exact) mass is 404 g/mol. The van der Waals surface area contributed by atoms with Gasteiger partial charge < -0.3 is 20.3 Å². The molecule has 3 N–H and O–H groups in total. The molecule has 4 heterocycles. The van der Waals surface area contributed by atoms with E-state index in [1.165, 1.54) is 0 Å². The van der Waals surface area contributed by atoms with Crippen LogP contribution in [0.1, 0.15) is 18.6 Å². The zero-order chi connectivity index (χ0) is 20.5. The number of fused-ring (bicyclic) bond motifs is 1. The van der Waals surface area contributed by atoms with Crippen LogP contribution in [0.3, 0.4) is 0 Å². The number of benzene rings is 1. The van der Waals surface area contributed by atoms with Gasteiger partial charge >= 0.3 is 0 Å². The Bertz CT molecular complexity index is 1100. The number of nitrogens with zero attached hydrogens (tertiary/aromatic N) is 3. The van der Waals surface area contributed by atoms with Crippen LogP contribution < -0.4 is 15.5 Å². The van der Waals surface area contributed by atoms with E-state index in [2.05, 4.69) is 43.7 Å². The molecule has 154 valence electrons.